The molecule has 2 rings (SSSR count). The van der Waals surface area contributed by atoms with Crippen molar-refractivity contribution >= 4 is 15.9 Å². The topological polar surface area (TPSA) is 47.3 Å². The minimum atomic E-state index is -0.422. The molecule has 1 aromatic heterocycles. The van der Waals surface area contributed by atoms with Gasteiger partial charge in [-0.1, -0.05) is 19.3 Å². The van der Waals surface area contributed by atoms with Crippen LogP contribution in [0.2, 0.25) is 0 Å². The standard InChI is InChI=1S/C12H19BrN2O2/c1-17-6-5-15-12(10(13)8-14-15)11(16)7-9-3-2-4-9/h8-9,11,16H,2-7H2,1H3. The number of aromatic nitrogens is 2. The highest BCUT2D eigenvalue weighted by molar-refractivity contribution is 9.10. The third-order valence-electron chi connectivity index (χ3n) is 3.44. The average Bonchev–Trinajstić information content (AvgIpc) is 2.62. The van der Waals surface area contributed by atoms with Crippen molar-refractivity contribution in [3.8, 4) is 0 Å². The molecule has 0 spiro atoms. The highest BCUT2D eigenvalue weighted by Gasteiger charge is 2.25. The normalized spacial score (nSPS) is 18.1. The van der Waals surface area contributed by atoms with Crippen molar-refractivity contribution in [2.75, 3.05) is 13.7 Å². The van der Waals surface area contributed by atoms with Gasteiger partial charge in [-0.25, -0.2) is 0 Å². The second-order valence-electron chi connectivity index (χ2n) is 4.64. The maximum atomic E-state index is 10.3. The number of hydrogen-bond donors (Lipinski definition) is 1. The number of methoxy groups -OCH3 is 1. The molecular formula is C12H19BrN2O2. The van der Waals surface area contributed by atoms with Gasteiger partial charge in [-0.05, 0) is 28.3 Å². The van der Waals surface area contributed by atoms with Crippen LogP contribution in [0.25, 0.3) is 0 Å². The molecule has 1 aliphatic rings. The van der Waals surface area contributed by atoms with Gasteiger partial charge < -0.3 is 9.84 Å². The summed E-state index contributed by atoms with van der Waals surface area (Å²) in [6, 6.07) is 0. The number of aliphatic hydroxyl groups is 1. The number of nitrogens with zero attached hydrogens (tertiary/aromatic N) is 2. The van der Waals surface area contributed by atoms with Crippen LogP contribution in [-0.4, -0.2) is 28.6 Å². The quantitative estimate of drug-likeness (QED) is 0.878. The summed E-state index contributed by atoms with van der Waals surface area (Å²) in [5, 5.41) is 14.5. The average molecular weight is 303 g/mol. The van der Waals surface area contributed by atoms with Crippen LogP contribution in [0.15, 0.2) is 10.7 Å². The third kappa shape index (κ3) is 3.09. The molecule has 1 heterocycles. The fraction of sp³-hybridized carbons (Fsp3) is 0.750. The maximum absolute atomic E-state index is 10.3. The number of ether oxygens (including phenoxy) is 1. The van der Waals surface area contributed by atoms with Crippen LogP contribution in [-0.2, 0) is 11.3 Å². The van der Waals surface area contributed by atoms with E-state index in [1.807, 2.05) is 4.68 Å². The summed E-state index contributed by atoms with van der Waals surface area (Å²) in [6.45, 7) is 1.29. The first-order valence-electron chi connectivity index (χ1n) is 6.10. The second kappa shape index (κ2) is 5.98. The summed E-state index contributed by atoms with van der Waals surface area (Å²) < 4.78 is 7.76. The molecular weight excluding hydrogens is 284 g/mol. The lowest BCUT2D eigenvalue weighted by atomic mass is 9.81. The van der Waals surface area contributed by atoms with Crippen molar-refractivity contribution in [3.63, 3.8) is 0 Å². The first-order valence-corrected chi connectivity index (χ1v) is 6.90. The van der Waals surface area contributed by atoms with Crippen LogP contribution in [0.3, 0.4) is 0 Å². The van der Waals surface area contributed by atoms with Crippen LogP contribution in [0.1, 0.15) is 37.5 Å². The Morgan fingerprint density at radius 2 is 2.41 bits per heavy atom. The van der Waals surface area contributed by atoms with E-state index in [2.05, 4.69) is 21.0 Å². The number of rotatable bonds is 6. The summed E-state index contributed by atoms with van der Waals surface area (Å²) in [5.74, 6) is 0.683. The summed E-state index contributed by atoms with van der Waals surface area (Å²) >= 11 is 3.46. The van der Waals surface area contributed by atoms with E-state index in [9.17, 15) is 5.11 Å². The van der Waals surface area contributed by atoms with Gasteiger partial charge in [-0.2, -0.15) is 5.10 Å². The summed E-state index contributed by atoms with van der Waals surface area (Å²) in [7, 11) is 1.67. The Labute approximate surface area is 110 Å². The van der Waals surface area contributed by atoms with Crippen molar-refractivity contribution in [1.29, 1.82) is 0 Å². The largest absolute Gasteiger partial charge is 0.387 e. The summed E-state index contributed by atoms with van der Waals surface area (Å²) in [5.41, 5.74) is 0.883. The van der Waals surface area contributed by atoms with Gasteiger partial charge in [0, 0.05) is 7.11 Å². The van der Waals surface area contributed by atoms with E-state index in [-0.39, 0.29) is 0 Å². The molecule has 1 N–H and O–H groups in total. The Morgan fingerprint density at radius 3 is 3.00 bits per heavy atom. The van der Waals surface area contributed by atoms with E-state index in [0.717, 1.165) is 16.6 Å². The van der Waals surface area contributed by atoms with Crippen LogP contribution in [0, 0.1) is 5.92 Å². The zero-order chi connectivity index (χ0) is 12.3. The molecule has 0 amide bonds. The van der Waals surface area contributed by atoms with E-state index in [0.29, 0.717) is 19.1 Å². The Kier molecular flexibility index (Phi) is 4.59. The number of aliphatic hydroxyl groups excluding tert-OH is 1. The first-order chi connectivity index (χ1) is 8.22. The summed E-state index contributed by atoms with van der Waals surface area (Å²) in [4.78, 5) is 0. The minimum Gasteiger partial charge on any atom is -0.387 e. The third-order valence-corrected chi connectivity index (χ3v) is 4.05. The van der Waals surface area contributed by atoms with Gasteiger partial charge in [0.2, 0.25) is 0 Å². The van der Waals surface area contributed by atoms with Gasteiger partial charge in [0.25, 0.3) is 0 Å². The predicted molar refractivity (Wildman–Crippen MR) is 68.7 cm³/mol. The SMILES string of the molecule is COCCn1ncc(Br)c1C(O)CC1CCC1. The predicted octanol–water partition coefficient (Wildman–Crippen LogP) is 2.52. The second-order valence-corrected chi connectivity index (χ2v) is 5.50. The van der Waals surface area contributed by atoms with Gasteiger partial charge >= 0.3 is 0 Å². The van der Waals surface area contributed by atoms with Crippen LogP contribution >= 0.6 is 15.9 Å². The lowest BCUT2D eigenvalue weighted by Crippen LogP contribution is -2.18. The first kappa shape index (κ1) is 13.1. The van der Waals surface area contributed by atoms with Crippen molar-refractivity contribution in [3.05, 3.63) is 16.4 Å². The molecule has 0 radical (unpaired) electrons. The highest BCUT2D eigenvalue weighted by atomic mass is 79.9. The minimum absolute atomic E-state index is 0.422. The van der Waals surface area contributed by atoms with Gasteiger partial charge in [0.05, 0.1) is 35.6 Å². The smallest absolute Gasteiger partial charge is 0.0970 e. The molecule has 1 atom stereocenters. The van der Waals surface area contributed by atoms with Gasteiger partial charge in [-0.15, -0.1) is 0 Å². The van der Waals surface area contributed by atoms with Gasteiger partial charge in [-0.3, -0.25) is 4.68 Å². The van der Waals surface area contributed by atoms with Gasteiger partial charge in [0.1, 0.15) is 0 Å². The molecule has 17 heavy (non-hydrogen) atoms. The Bertz CT molecular complexity index is 363. The molecule has 1 aromatic rings. The zero-order valence-corrected chi connectivity index (χ0v) is 11.7. The lowest BCUT2D eigenvalue weighted by molar-refractivity contribution is 0.106. The van der Waals surface area contributed by atoms with Crippen LogP contribution in [0.4, 0.5) is 0 Å². The molecule has 1 aliphatic carbocycles. The molecule has 5 heteroatoms. The van der Waals surface area contributed by atoms with E-state index < -0.39 is 6.10 Å². The molecule has 0 saturated heterocycles. The lowest BCUT2D eigenvalue weighted by Gasteiger charge is -2.27. The number of halogens is 1. The van der Waals surface area contributed by atoms with Crippen molar-refractivity contribution in [1.82, 2.24) is 9.78 Å². The Morgan fingerprint density at radius 1 is 1.65 bits per heavy atom. The molecule has 96 valence electrons. The van der Waals surface area contributed by atoms with Crippen molar-refractivity contribution in [2.45, 2.75) is 38.3 Å². The molecule has 0 bridgehead atoms. The van der Waals surface area contributed by atoms with Crippen molar-refractivity contribution in [2.24, 2.45) is 5.92 Å². The van der Waals surface area contributed by atoms with Crippen LogP contribution < -0.4 is 0 Å². The fourth-order valence-electron chi connectivity index (χ4n) is 2.22. The van der Waals surface area contributed by atoms with Crippen LogP contribution in [0.5, 0.6) is 0 Å². The maximum Gasteiger partial charge on any atom is 0.0970 e. The Balaban J connectivity index is 2.03. The van der Waals surface area contributed by atoms with E-state index in [1.165, 1.54) is 19.3 Å². The monoisotopic (exact) mass is 302 g/mol. The molecule has 0 aromatic carbocycles. The summed E-state index contributed by atoms with van der Waals surface area (Å²) in [6.07, 6.45) is 5.98. The highest BCUT2D eigenvalue weighted by Crippen LogP contribution is 2.36. The van der Waals surface area contributed by atoms with Crippen molar-refractivity contribution < 1.29 is 9.84 Å². The van der Waals surface area contributed by atoms with E-state index in [1.54, 1.807) is 13.3 Å². The molecule has 0 aliphatic heterocycles. The van der Waals surface area contributed by atoms with E-state index >= 15 is 0 Å². The molecule has 1 unspecified atom stereocenters. The molecule has 1 fully saturated rings. The molecule has 1 saturated carbocycles. The van der Waals surface area contributed by atoms with E-state index in [4.69, 9.17) is 4.74 Å². The van der Waals surface area contributed by atoms with Gasteiger partial charge in [0.15, 0.2) is 0 Å². The zero-order valence-electron chi connectivity index (χ0n) is 10.1. The fourth-order valence-corrected chi connectivity index (χ4v) is 2.78. The molecule has 4 nitrogen and oxygen atoms in total. The Hall–Kier alpha value is -0.390. The number of hydrogen-bond acceptors (Lipinski definition) is 3.